The maximum Gasteiger partial charge on any atom is 0.282 e. The van der Waals surface area contributed by atoms with E-state index < -0.39 is 97.0 Å². The van der Waals surface area contributed by atoms with Crippen LogP contribution >= 0.6 is 0 Å². The highest BCUT2D eigenvalue weighted by Crippen LogP contribution is 2.42. The average molecular weight is 607 g/mol. The van der Waals surface area contributed by atoms with Crippen molar-refractivity contribution in [2.75, 3.05) is 13.1 Å². The lowest BCUT2D eigenvalue weighted by molar-refractivity contribution is -0.170. The highest BCUT2D eigenvalue weighted by molar-refractivity contribution is 5.93. The molecule has 1 aromatic carbocycles. The van der Waals surface area contributed by atoms with Gasteiger partial charge in [0.15, 0.2) is 12.0 Å². The van der Waals surface area contributed by atoms with Crippen LogP contribution in [-0.4, -0.2) is 74.0 Å². The quantitative estimate of drug-likeness (QED) is 0.357. The Hall–Kier alpha value is -3.72. The van der Waals surface area contributed by atoms with Gasteiger partial charge in [0.25, 0.3) is 18.3 Å². The number of benzene rings is 1. The highest BCUT2D eigenvalue weighted by Gasteiger charge is 2.51. The summed E-state index contributed by atoms with van der Waals surface area (Å²) in [4.78, 5) is 33.3. The number of carbonyl (C=O) groups is 2. The topological polar surface area (TPSA) is 95.9 Å². The number of aromatic nitrogens is 4. The summed E-state index contributed by atoms with van der Waals surface area (Å²) >= 11 is 0. The number of aromatic amines is 1. The van der Waals surface area contributed by atoms with Gasteiger partial charge in [-0.15, -0.1) is 0 Å². The third kappa shape index (κ3) is 5.67. The van der Waals surface area contributed by atoms with E-state index in [4.69, 9.17) is 0 Å². The number of amides is 2. The van der Waals surface area contributed by atoms with Crippen LogP contribution in [0.1, 0.15) is 59.5 Å². The fraction of sp³-hybridized carbons (Fsp3) is 0.538. The number of fused-ring (bicyclic) bond motifs is 1. The molecule has 1 saturated heterocycles. The van der Waals surface area contributed by atoms with Gasteiger partial charge < -0.3 is 15.2 Å². The second-order valence-corrected chi connectivity index (χ2v) is 10.8. The first-order valence-electron chi connectivity index (χ1n) is 13.1. The minimum Gasteiger partial charge on any atom is -0.340 e. The number of rotatable bonds is 8. The van der Waals surface area contributed by atoms with Crippen LogP contribution in [0.25, 0.3) is 11.0 Å². The van der Waals surface area contributed by atoms with Gasteiger partial charge in [0.1, 0.15) is 23.0 Å². The van der Waals surface area contributed by atoms with Gasteiger partial charge in [0.05, 0.1) is 24.6 Å². The van der Waals surface area contributed by atoms with Crippen molar-refractivity contribution in [1.82, 2.24) is 30.0 Å². The van der Waals surface area contributed by atoms with E-state index in [2.05, 4.69) is 20.4 Å². The summed E-state index contributed by atoms with van der Waals surface area (Å²) in [7, 11) is 1.51. The molecule has 3 atom stereocenters. The van der Waals surface area contributed by atoms with Gasteiger partial charge in [-0.1, -0.05) is 6.07 Å². The first-order valence-corrected chi connectivity index (χ1v) is 13.1. The molecule has 16 heteroatoms. The number of nitrogens with one attached hydrogen (secondary N) is 2. The van der Waals surface area contributed by atoms with E-state index in [0.717, 1.165) is 12.1 Å². The van der Waals surface area contributed by atoms with Crippen molar-refractivity contribution in [2.45, 2.75) is 62.1 Å². The van der Waals surface area contributed by atoms with Crippen molar-refractivity contribution in [3.05, 3.63) is 47.3 Å². The SMILES string of the molecule is Cn1nccc1C(=O)N[C@H](c1nc2c(F)c(C(C(=O)N3CC(F)(F)C3)C(F)C(F)F)ccc2[nH]1)C1CCC(F)(F)CC1. The molecule has 1 aliphatic heterocycles. The Bertz CT molecular complexity index is 1470. The fourth-order valence-electron chi connectivity index (χ4n) is 5.53. The van der Waals surface area contributed by atoms with E-state index >= 15 is 4.39 Å². The Morgan fingerprint density at radius 3 is 2.29 bits per heavy atom. The lowest BCUT2D eigenvalue weighted by atomic mass is 9.81. The Balaban J connectivity index is 1.51. The number of alkyl halides is 7. The number of aryl methyl sites for hydroxylation is 1. The number of H-pyrrole nitrogens is 1. The number of halogens is 8. The fourth-order valence-corrected chi connectivity index (χ4v) is 5.53. The van der Waals surface area contributed by atoms with Crippen LogP contribution < -0.4 is 5.32 Å². The molecular weight excluding hydrogens is 580 g/mol. The van der Waals surface area contributed by atoms with Gasteiger partial charge in [0.2, 0.25) is 11.8 Å². The van der Waals surface area contributed by atoms with Crippen LogP contribution in [0.2, 0.25) is 0 Å². The minimum atomic E-state index is -3.72. The Kier molecular flexibility index (Phi) is 7.68. The van der Waals surface area contributed by atoms with E-state index in [-0.39, 0.29) is 29.9 Å². The first-order chi connectivity index (χ1) is 19.7. The predicted molar refractivity (Wildman–Crippen MR) is 132 cm³/mol. The van der Waals surface area contributed by atoms with Gasteiger partial charge in [-0.2, -0.15) is 5.10 Å². The van der Waals surface area contributed by atoms with Gasteiger partial charge in [-0.25, -0.2) is 40.1 Å². The molecule has 0 radical (unpaired) electrons. The molecule has 2 unspecified atom stereocenters. The number of imidazole rings is 1. The van der Waals surface area contributed by atoms with Crippen molar-refractivity contribution in [1.29, 1.82) is 0 Å². The number of nitrogens with zero attached hydrogens (tertiary/aromatic N) is 4. The summed E-state index contributed by atoms with van der Waals surface area (Å²) in [6.45, 7) is -2.24. The second-order valence-electron chi connectivity index (χ2n) is 10.8. The molecule has 2 fully saturated rings. The van der Waals surface area contributed by atoms with Crippen molar-refractivity contribution in [2.24, 2.45) is 13.0 Å². The smallest absolute Gasteiger partial charge is 0.282 e. The molecule has 2 aromatic heterocycles. The van der Waals surface area contributed by atoms with Crippen molar-refractivity contribution >= 4 is 22.8 Å². The third-order valence-electron chi connectivity index (χ3n) is 7.83. The molecule has 3 heterocycles. The molecule has 2 amide bonds. The van der Waals surface area contributed by atoms with Crippen LogP contribution in [0.3, 0.4) is 0 Å². The summed E-state index contributed by atoms with van der Waals surface area (Å²) in [5.41, 5.74) is -1.16. The zero-order valence-electron chi connectivity index (χ0n) is 22.1. The molecule has 228 valence electrons. The molecule has 42 heavy (non-hydrogen) atoms. The van der Waals surface area contributed by atoms with Crippen LogP contribution in [0, 0.1) is 11.7 Å². The Morgan fingerprint density at radius 1 is 1.05 bits per heavy atom. The minimum absolute atomic E-state index is 0.0108. The van der Waals surface area contributed by atoms with Crippen molar-refractivity contribution < 1.29 is 44.7 Å². The Morgan fingerprint density at radius 2 is 1.71 bits per heavy atom. The van der Waals surface area contributed by atoms with Gasteiger partial charge >= 0.3 is 0 Å². The maximum atomic E-state index is 15.8. The zero-order valence-corrected chi connectivity index (χ0v) is 22.1. The summed E-state index contributed by atoms with van der Waals surface area (Å²) in [5, 5.41) is 6.65. The van der Waals surface area contributed by atoms with E-state index in [1.807, 2.05) is 0 Å². The van der Waals surface area contributed by atoms with Gasteiger partial charge in [0, 0.05) is 31.6 Å². The number of likely N-dealkylation sites (tertiary alicyclic amines) is 1. The standard InChI is InChI=1S/C26H26F8N6O2/c1-39-15(6-9-35-39)23(41)38-19(12-4-7-25(31,32)8-5-12)22-36-14-3-2-13(17(27)20(14)37-22)16(18(28)21(29)30)24(42)40-10-26(33,34)11-40/h2-3,6,9,12,16,18-19,21H,4-5,7-8,10-11H2,1H3,(H,36,37)(H,38,41)/t16?,18?,19-/m0/s1. The monoisotopic (exact) mass is 606 g/mol. The lowest BCUT2D eigenvalue weighted by Crippen LogP contribution is -2.60. The van der Waals surface area contributed by atoms with Crippen LogP contribution in [0.4, 0.5) is 35.1 Å². The molecule has 0 spiro atoms. The average Bonchev–Trinajstić information content (AvgIpc) is 3.54. The van der Waals surface area contributed by atoms with Crippen LogP contribution in [0.15, 0.2) is 24.4 Å². The summed E-state index contributed by atoms with van der Waals surface area (Å²) in [5.74, 6) is -12.6. The molecule has 1 saturated carbocycles. The van der Waals surface area contributed by atoms with Crippen molar-refractivity contribution in [3.8, 4) is 0 Å². The summed E-state index contributed by atoms with van der Waals surface area (Å²) in [6.07, 6.45) is -6.49. The molecule has 2 N–H and O–H groups in total. The second kappa shape index (κ2) is 10.8. The molecule has 5 rings (SSSR count). The summed E-state index contributed by atoms with van der Waals surface area (Å²) in [6, 6.07) is 2.45. The van der Waals surface area contributed by atoms with Gasteiger partial charge in [-0.05, 0) is 30.9 Å². The zero-order chi connectivity index (χ0) is 30.6. The highest BCUT2D eigenvalue weighted by atomic mass is 19.3. The molecule has 0 bridgehead atoms. The van der Waals surface area contributed by atoms with Gasteiger partial charge in [-0.3, -0.25) is 14.3 Å². The molecule has 3 aromatic rings. The molecule has 2 aliphatic rings. The third-order valence-corrected chi connectivity index (χ3v) is 7.83. The molecular formula is C26H26F8N6O2. The summed E-state index contributed by atoms with van der Waals surface area (Å²) < 4.78 is 113. The number of hydrogen-bond acceptors (Lipinski definition) is 4. The van der Waals surface area contributed by atoms with Crippen LogP contribution in [0.5, 0.6) is 0 Å². The van der Waals surface area contributed by atoms with E-state index in [9.17, 15) is 40.3 Å². The maximum absolute atomic E-state index is 15.8. The lowest BCUT2D eigenvalue weighted by Gasteiger charge is -2.41. The number of hydrogen-bond donors (Lipinski definition) is 2. The van der Waals surface area contributed by atoms with E-state index in [1.54, 1.807) is 0 Å². The van der Waals surface area contributed by atoms with E-state index in [0.29, 0.717) is 4.90 Å². The van der Waals surface area contributed by atoms with Crippen molar-refractivity contribution in [3.63, 3.8) is 0 Å². The molecule has 8 nitrogen and oxygen atoms in total. The Labute approximate surface area is 233 Å². The van der Waals surface area contributed by atoms with E-state index in [1.165, 1.54) is 24.0 Å². The largest absolute Gasteiger partial charge is 0.340 e. The predicted octanol–water partition coefficient (Wildman–Crippen LogP) is 4.90. The number of carbonyl (C=O) groups excluding carboxylic acids is 2. The van der Waals surface area contributed by atoms with Crippen LogP contribution in [-0.2, 0) is 11.8 Å². The first kappa shape index (κ1) is 29.8. The molecule has 1 aliphatic carbocycles. The normalized spacial score (nSPS) is 20.8.